The number of nitrogens with zero attached hydrogens (tertiary/aromatic N) is 1. The lowest BCUT2D eigenvalue weighted by molar-refractivity contribution is -0.150. The second kappa shape index (κ2) is 9.45. The van der Waals surface area contributed by atoms with E-state index in [0.717, 1.165) is 0 Å². The highest BCUT2D eigenvalue weighted by molar-refractivity contribution is 7.89. The molecule has 0 aromatic heterocycles. The summed E-state index contributed by atoms with van der Waals surface area (Å²) in [5.74, 6) is -0.135. The number of hydrogen-bond acceptors (Lipinski definition) is 7. The topological polar surface area (TPSA) is 125 Å². The maximum atomic E-state index is 12.2. The van der Waals surface area contributed by atoms with Crippen LogP contribution in [0.2, 0.25) is 0 Å². The lowest BCUT2D eigenvalue weighted by atomic mass is 9.97. The minimum Gasteiger partial charge on any atom is -0.490 e. The van der Waals surface area contributed by atoms with Crippen LogP contribution < -0.4 is 9.88 Å². The van der Waals surface area contributed by atoms with Crippen LogP contribution in [-0.4, -0.2) is 57.3 Å². The summed E-state index contributed by atoms with van der Waals surface area (Å²) in [5, 5.41) is 5.03. The average Bonchev–Trinajstić information content (AvgIpc) is 2.63. The number of primary sulfonamides is 1. The third-order valence-electron chi connectivity index (χ3n) is 4.23. The van der Waals surface area contributed by atoms with Crippen molar-refractivity contribution < 1.29 is 32.2 Å². The maximum Gasteiger partial charge on any atom is 0.410 e. The molecule has 1 aromatic rings. The first-order chi connectivity index (χ1) is 13.5. The van der Waals surface area contributed by atoms with Crippen molar-refractivity contribution in [1.29, 1.82) is 0 Å². The molecule has 0 unspecified atom stereocenters. The summed E-state index contributed by atoms with van der Waals surface area (Å²) in [6, 6.07) is 5.64. The van der Waals surface area contributed by atoms with Crippen LogP contribution in [-0.2, 0) is 24.3 Å². The summed E-state index contributed by atoms with van der Waals surface area (Å²) in [5.41, 5.74) is -0.550. The lowest BCUT2D eigenvalue weighted by Crippen LogP contribution is -2.43. The van der Waals surface area contributed by atoms with Crippen LogP contribution >= 0.6 is 0 Å². The Bertz CT molecular complexity index is 808. The van der Waals surface area contributed by atoms with Gasteiger partial charge in [-0.25, -0.2) is 18.4 Å². The molecule has 29 heavy (non-hydrogen) atoms. The van der Waals surface area contributed by atoms with Gasteiger partial charge in [-0.15, -0.1) is 0 Å². The van der Waals surface area contributed by atoms with E-state index in [1.807, 2.05) is 20.8 Å². The monoisotopic (exact) mass is 428 g/mol. The Balaban J connectivity index is 1.68. The lowest BCUT2D eigenvalue weighted by Gasteiger charge is -2.32. The second-order valence-corrected chi connectivity index (χ2v) is 9.34. The van der Waals surface area contributed by atoms with Crippen molar-refractivity contribution in [3.63, 3.8) is 0 Å². The fourth-order valence-corrected chi connectivity index (χ4v) is 3.28. The molecular weight excluding hydrogens is 400 g/mol. The first kappa shape index (κ1) is 23.0. The van der Waals surface area contributed by atoms with Gasteiger partial charge in [-0.3, -0.25) is 4.79 Å². The van der Waals surface area contributed by atoms with Crippen LogP contribution in [0.25, 0.3) is 0 Å². The minimum atomic E-state index is -3.74. The standard InChI is InChI=1S/C19H28N2O7S/c1-19(2,3)28-18(23)21-10-8-14(9-11-21)17(22)27-13-12-26-15-4-6-16(7-5-15)29(20,24)25/h4-7,14H,8-13H2,1-3H3,(H2,20,24,25). The molecule has 0 radical (unpaired) electrons. The number of nitrogens with two attached hydrogens (primary N) is 1. The molecule has 2 rings (SSSR count). The molecule has 0 spiro atoms. The molecule has 1 heterocycles. The number of carbonyl (C=O) groups is 2. The normalized spacial score (nSPS) is 15.7. The van der Waals surface area contributed by atoms with Crippen molar-refractivity contribution in [2.45, 2.75) is 44.1 Å². The number of likely N-dealkylation sites (tertiary alicyclic amines) is 1. The minimum absolute atomic E-state index is 0.00555. The SMILES string of the molecule is CC(C)(C)OC(=O)N1CCC(C(=O)OCCOc2ccc(S(N)(=O)=O)cc2)CC1. The predicted octanol–water partition coefficient (Wildman–Crippen LogP) is 1.90. The Hall–Kier alpha value is -2.33. The summed E-state index contributed by atoms with van der Waals surface area (Å²) < 4.78 is 38.4. The van der Waals surface area contributed by atoms with Gasteiger partial charge in [0.2, 0.25) is 10.0 Å². The third-order valence-corrected chi connectivity index (χ3v) is 5.16. The summed E-state index contributed by atoms with van der Waals surface area (Å²) in [6.07, 6.45) is 0.674. The zero-order valence-corrected chi connectivity index (χ0v) is 17.7. The fraction of sp³-hybridized carbons (Fsp3) is 0.579. The molecular formula is C19H28N2O7S. The van der Waals surface area contributed by atoms with Gasteiger partial charge in [-0.1, -0.05) is 0 Å². The van der Waals surface area contributed by atoms with Gasteiger partial charge in [0.1, 0.15) is 24.6 Å². The van der Waals surface area contributed by atoms with Crippen LogP contribution in [0.1, 0.15) is 33.6 Å². The molecule has 9 nitrogen and oxygen atoms in total. The van der Waals surface area contributed by atoms with E-state index in [2.05, 4.69) is 0 Å². The molecule has 0 bridgehead atoms. The van der Waals surface area contributed by atoms with Crippen LogP contribution in [0.3, 0.4) is 0 Å². The molecule has 0 aliphatic carbocycles. The highest BCUT2D eigenvalue weighted by atomic mass is 32.2. The number of piperidine rings is 1. The van der Waals surface area contributed by atoms with E-state index >= 15 is 0 Å². The van der Waals surface area contributed by atoms with Gasteiger partial charge >= 0.3 is 12.1 Å². The van der Waals surface area contributed by atoms with Gasteiger partial charge in [0.15, 0.2) is 0 Å². The van der Waals surface area contributed by atoms with Gasteiger partial charge in [-0.2, -0.15) is 0 Å². The maximum absolute atomic E-state index is 12.2. The Labute approximate surface area is 171 Å². The Morgan fingerprint density at radius 2 is 1.69 bits per heavy atom. The van der Waals surface area contributed by atoms with Crippen LogP contribution in [0.4, 0.5) is 4.79 Å². The van der Waals surface area contributed by atoms with Crippen LogP contribution in [0, 0.1) is 5.92 Å². The summed E-state index contributed by atoms with van der Waals surface area (Å²) in [4.78, 5) is 25.8. The molecule has 10 heteroatoms. The molecule has 0 saturated carbocycles. The average molecular weight is 429 g/mol. The number of sulfonamides is 1. The fourth-order valence-electron chi connectivity index (χ4n) is 2.77. The molecule has 1 amide bonds. The van der Waals surface area contributed by atoms with E-state index in [-0.39, 0.29) is 36.1 Å². The van der Waals surface area contributed by atoms with Crippen molar-refractivity contribution in [1.82, 2.24) is 4.90 Å². The summed E-state index contributed by atoms with van der Waals surface area (Å²) in [7, 11) is -3.74. The summed E-state index contributed by atoms with van der Waals surface area (Å²) in [6.45, 7) is 6.53. The van der Waals surface area contributed by atoms with E-state index in [4.69, 9.17) is 19.3 Å². The number of carbonyl (C=O) groups excluding carboxylic acids is 2. The smallest absolute Gasteiger partial charge is 0.410 e. The van der Waals surface area contributed by atoms with Crippen molar-refractivity contribution in [2.24, 2.45) is 11.1 Å². The number of amides is 1. The van der Waals surface area contributed by atoms with E-state index in [1.165, 1.54) is 24.3 Å². The zero-order valence-electron chi connectivity index (χ0n) is 16.9. The zero-order chi connectivity index (χ0) is 21.7. The van der Waals surface area contributed by atoms with Crippen LogP contribution in [0.5, 0.6) is 5.75 Å². The number of hydrogen-bond donors (Lipinski definition) is 1. The quantitative estimate of drug-likeness (QED) is 0.542. The highest BCUT2D eigenvalue weighted by Gasteiger charge is 2.30. The van der Waals surface area contributed by atoms with Crippen LogP contribution in [0.15, 0.2) is 29.2 Å². The Morgan fingerprint density at radius 3 is 2.21 bits per heavy atom. The molecule has 2 N–H and O–H groups in total. The van der Waals surface area contributed by atoms with Crippen molar-refractivity contribution in [2.75, 3.05) is 26.3 Å². The van der Waals surface area contributed by atoms with E-state index in [1.54, 1.807) is 4.90 Å². The number of benzene rings is 1. The van der Waals surface area contributed by atoms with Gasteiger partial charge in [0.05, 0.1) is 10.8 Å². The number of ether oxygens (including phenoxy) is 3. The second-order valence-electron chi connectivity index (χ2n) is 7.77. The number of esters is 1. The third kappa shape index (κ3) is 7.54. The van der Waals surface area contributed by atoms with Gasteiger partial charge in [0.25, 0.3) is 0 Å². The Kier molecular flexibility index (Phi) is 7.48. The van der Waals surface area contributed by atoms with Gasteiger partial charge < -0.3 is 19.1 Å². The molecule has 1 aromatic carbocycles. The predicted molar refractivity (Wildman–Crippen MR) is 105 cm³/mol. The first-order valence-corrected chi connectivity index (χ1v) is 10.9. The van der Waals surface area contributed by atoms with Crippen molar-refractivity contribution in [3.8, 4) is 5.75 Å². The van der Waals surface area contributed by atoms with Crippen molar-refractivity contribution in [3.05, 3.63) is 24.3 Å². The molecule has 0 atom stereocenters. The van der Waals surface area contributed by atoms with E-state index < -0.39 is 15.6 Å². The van der Waals surface area contributed by atoms with E-state index in [0.29, 0.717) is 31.7 Å². The molecule has 1 saturated heterocycles. The first-order valence-electron chi connectivity index (χ1n) is 9.36. The highest BCUT2D eigenvalue weighted by Crippen LogP contribution is 2.21. The van der Waals surface area contributed by atoms with E-state index in [9.17, 15) is 18.0 Å². The molecule has 1 aliphatic rings. The number of rotatable bonds is 6. The van der Waals surface area contributed by atoms with Gasteiger partial charge in [-0.05, 0) is 57.9 Å². The molecule has 1 fully saturated rings. The van der Waals surface area contributed by atoms with Gasteiger partial charge in [0, 0.05) is 13.1 Å². The van der Waals surface area contributed by atoms with Crippen molar-refractivity contribution >= 4 is 22.1 Å². The largest absolute Gasteiger partial charge is 0.490 e. The summed E-state index contributed by atoms with van der Waals surface area (Å²) >= 11 is 0. The molecule has 162 valence electrons. The molecule has 1 aliphatic heterocycles. The Morgan fingerprint density at radius 1 is 1.10 bits per heavy atom.